The number of nitrogens with zero attached hydrogens (tertiary/aromatic N) is 2. The van der Waals surface area contributed by atoms with Crippen molar-refractivity contribution in [2.45, 2.75) is 0 Å². The fourth-order valence-corrected chi connectivity index (χ4v) is 10.3. The van der Waals surface area contributed by atoms with Gasteiger partial charge < -0.3 is 9.47 Å². The highest BCUT2D eigenvalue weighted by Crippen LogP contribution is 2.47. The van der Waals surface area contributed by atoms with E-state index in [4.69, 9.17) is 0 Å². The summed E-state index contributed by atoms with van der Waals surface area (Å²) >= 11 is 1.87. The molecule has 0 fully saturated rings. The minimum absolute atomic E-state index is 1.10. The Morgan fingerprint density at radius 1 is 0.356 bits per heavy atom. The molecule has 2 aromatic heterocycles. The van der Waals surface area contributed by atoms with Crippen LogP contribution in [0.4, 0.5) is 17.1 Å². The number of fused-ring (bicyclic) bond motifs is 9. The van der Waals surface area contributed by atoms with Gasteiger partial charge in [-0.1, -0.05) is 140 Å². The van der Waals surface area contributed by atoms with Crippen molar-refractivity contribution in [2.75, 3.05) is 4.90 Å². The van der Waals surface area contributed by atoms with E-state index < -0.39 is 0 Å². The van der Waals surface area contributed by atoms with Gasteiger partial charge in [-0.05, 0) is 117 Å². The lowest BCUT2D eigenvalue weighted by Crippen LogP contribution is -2.10. The summed E-state index contributed by atoms with van der Waals surface area (Å²) in [4.78, 5) is 2.41. The van der Waals surface area contributed by atoms with Gasteiger partial charge in [0.15, 0.2) is 0 Å². The third-order valence-corrected chi connectivity index (χ3v) is 13.1. The average molecular weight is 769 g/mol. The van der Waals surface area contributed by atoms with Gasteiger partial charge in [-0.25, -0.2) is 0 Å². The molecule has 0 atom stereocenters. The molecule has 0 saturated heterocycles. The number of para-hydroxylation sites is 1. The van der Waals surface area contributed by atoms with Gasteiger partial charge in [0.05, 0.1) is 11.0 Å². The first-order valence-electron chi connectivity index (χ1n) is 20.2. The minimum Gasteiger partial charge on any atom is -0.310 e. The molecule has 59 heavy (non-hydrogen) atoms. The molecule has 0 aliphatic heterocycles. The van der Waals surface area contributed by atoms with Crippen molar-refractivity contribution < 1.29 is 0 Å². The van der Waals surface area contributed by atoms with Crippen molar-refractivity contribution in [2.24, 2.45) is 0 Å². The largest absolute Gasteiger partial charge is 0.310 e. The number of anilines is 3. The highest BCUT2D eigenvalue weighted by atomic mass is 32.1. The van der Waals surface area contributed by atoms with Gasteiger partial charge in [-0.2, -0.15) is 0 Å². The zero-order valence-corrected chi connectivity index (χ0v) is 32.9. The Balaban J connectivity index is 1.16. The molecule has 2 nitrogen and oxygen atoms in total. The Bertz CT molecular complexity index is 3540. The second-order valence-electron chi connectivity index (χ2n) is 15.3. The maximum Gasteiger partial charge on any atom is 0.0625 e. The van der Waals surface area contributed by atoms with Crippen molar-refractivity contribution in [3.8, 4) is 27.9 Å². The number of thiophene rings is 1. The summed E-state index contributed by atoms with van der Waals surface area (Å²) in [5, 5.41) is 9.97. The second kappa shape index (κ2) is 13.6. The molecule has 3 heteroatoms. The molecule has 0 bridgehead atoms. The van der Waals surface area contributed by atoms with Crippen molar-refractivity contribution in [1.29, 1.82) is 0 Å². The van der Waals surface area contributed by atoms with Crippen molar-refractivity contribution in [3.63, 3.8) is 0 Å². The van der Waals surface area contributed by atoms with Crippen LogP contribution in [0.25, 0.3) is 91.5 Å². The molecular weight excluding hydrogens is 733 g/mol. The third-order valence-electron chi connectivity index (χ3n) is 11.9. The molecule has 2 heterocycles. The quantitative estimate of drug-likeness (QED) is 0.164. The number of rotatable bonds is 6. The van der Waals surface area contributed by atoms with Gasteiger partial charge in [-0.3, -0.25) is 0 Å². The topological polar surface area (TPSA) is 8.17 Å². The molecule has 0 radical (unpaired) electrons. The fraction of sp³-hybridized carbons (Fsp3) is 0. The monoisotopic (exact) mass is 768 g/mol. The standard InChI is InChI=1S/C56H36N2S/c1-3-13-37(14-4-1)39-23-27-44(28-24-39)57(45-29-25-38-15-7-8-16-40(38)33-45)46-30-31-52-51(36-46)55-49(42-26-32-54-50(35-42)48-21-11-12-22-53(48)59-54)34-41-17-9-10-20-47(41)56(55)58(52)43-18-5-2-6-19-43/h1-36H. The summed E-state index contributed by atoms with van der Waals surface area (Å²) < 4.78 is 5.11. The molecule has 12 aromatic rings. The van der Waals surface area contributed by atoms with Gasteiger partial charge in [0.1, 0.15) is 0 Å². The van der Waals surface area contributed by atoms with E-state index in [9.17, 15) is 0 Å². The van der Waals surface area contributed by atoms with Crippen LogP contribution in [0.3, 0.4) is 0 Å². The Hall–Kier alpha value is -7.46. The van der Waals surface area contributed by atoms with Crippen LogP contribution in [0, 0.1) is 0 Å². The number of aromatic nitrogens is 1. The molecule has 0 spiro atoms. The van der Waals surface area contributed by atoms with E-state index in [1.54, 1.807) is 0 Å². The third kappa shape index (κ3) is 5.55. The van der Waals surface area contributed by atoms with Crippen molar-refractivity contribution in [1.82, 2.24) is 4.57 Å². The van der Waals surface area contributed by atoms with Gasteiger partial charge in [0, 0.05) is 59.1 Å². The predicted molar refractivity (Wildman–Crippen MR) is 254 cm³/mol. The van der Waals surface area contributed by atoms with Crippen LogP contribution in [-0.2, 0) is 0 Å². The fourth-order valence-electron chi connectivity index (χ4n) is 9.18. The molecule has 0 amide bonds. The lowest BCUT2D eigenvalue weighted by atomic mass is 9.94. The number of hydrogen-bond acceptors (Lipinski definition) is 2. The Morgan fingerprint density at radius 2 is 0.966 bits per heavy atom. The van der Waals surface area contributed by atoms with Crippen molar-refractivity contribution >= 4 is 91.9 Å². The molecule has 0 saturated carbocycles. The Labute approximate surface area is 346 Å². The van der Waals surface area contributed by atoms with Crippen LogP contribution in [0.2, 0.25) is 0 Å². The van der Waals surface area contributed by atoms with Crippen LogP contribution >= 0.6 is 11.3 Å². The van der Waals surface area contributed by atoms with Crippen LogP contribution in [0.1, 0.15) is 0 Å². The van der Waals surface area contributed by atoms with E-state index in [1.165, 1.54) is 85.8 Å². The SMILES string of the molecule is c1ccc(-c2ccc(N(c3ccc4ccccc4c3)c3ccc4c(c3)c3c(-c5ccc6sc7ccccc7c6c5)cc5ccccc5c3n4-c3ccccc3)cc2)cc1. The van der Waals surface area contributed by atoms with E-state index in [0.29, 0.717) is 0 Å². The van der Waals surface area contributed by atoms with Crippen LogP contribution in [-0.4, -0.2) is 4.57 Å². The van der Waals surface area contributed by atoms with Crippen LogP contribution < -0.4 is 4.90 Å². The summed E-state index contributed by atoms with van der Waals surface area (Å²) in [5.41, 5.74) is 11.7. The van der Waals surface area contributed by atoms with Crippen LogP contribution in [0.5, 0.6) is 0 Å². The minimum atomic E-state index is 1.10. The Morgan fingerprint density at radius 3 is 1.80 bits per heavy atom. The lowest BCUT2D eigenvalue weighted by molar-refractivity contribution is 1.18. The molecule has 276 valence electrons. The number of hydrogen-bond donors (Lipinski definition) is 0. The van der Waals surface area contributed by atoms with Crippen LogP contribution in [0.15, 0.2) is 218 Å². The molecule has 0 aliphatic rings. The average Bonchev–Trinajstić information content (AvgIpc) is 3.85. The van der Waals surface area contributed by atoms with E-state index in [2.05, 4.69) is 228 Å². The van der Waals surface area contributed by atoms with Gasteiger partial charge in [0.25, 0.3) is 0 Å². The highest BCUT2D eigenvalue weighted by Gasteiger charge is 2.22. The molecule has 0 aliphatic carbocycles. The second-order valence-corrected chi connectivity index (χ2v) is 16.4. The van der Waals surface area contributed by atoms with Crippen molar-refractivity contribution in [3.05, 3.63) is 218 Å². The van der Waals surface area contributed by atoms with Gasteiger partial charge in [-0.15, -0.1) is 11.3 Å². The summed E-state index contributed by atoms with van der Waals surface area (Å²) in [6.07, 6.45) is 0. The summed E-state index contributed by atoms with van der Waals surface area (Å²) in [5.74, 6) is 0. The van der Waals surface area contributed by atoms with Gasteiger partial charge in [0.2, 0.25) is 0 Å². The summed E-state index contributed by atoms with van der Waals surface area (Å²) in [6.45, 7) is 0. The molecule has 12 rings (SSSR count). The molecule has 0 unspecified atom stereocenters. The smallest absolute Gasteiger partial charge is 0.0625 e. The zero-order valence-electron chi connectivity index (χ0n) is 32.1. The molecule has 0 N–H and O–H groups in total. The molecule has 10 aromatic carbocycles. The van der Waals surface area contributed by atoms with Gasteiger partial charge >= 0.3 is 0 Å². The first-order chi connectivity index (χ1) is 29.2. The Kier molecular flexibility index (Phi) is 7.75. The first-order valence-corrected chi connectivity index (χ1v) is 21.0. The highest BCUT2D eigenvalue weighted by molar-refractivity contribution is 7.25. The van der Waals surface area contributed by atoms with E-state index >= 15 is 0 Å². The summed E-state index contributed by atoms with van der Waals surface area (Å²) in [6, 6.07) is 80.1. The van der Waals surface area contributed by atoms with E-state index in [0.717, 1.165) is 22.7 Å². The number of benzene rings is 10. The maximum absolute atomic E-state index is 2.48. The summed E-state index contributed by atoms with van der Waals surface area (Å²) in [7, 11) is 0. The van der Waals surface area contributed by atoms with E-state index in [1.807, 2.05) is 11.3 Å². The maximum atomic E-state index is 2.48. The zero-order chi connectivity index (χ0) is 38.9. The molecular formula is C56H36N2S. The predicted octanol–water partition coefficient (Wildman–Crippen LogP) is 16.3. The normalized spacial score (nSPS) is 11.7. The van der Waals surface area contributed by atoms with E-state index in [-0.39, 0.29) is 0 Å². The first kappa shape index (κ1) is 33.7. The lowest BCUT2D eigenvalue weighted by Gasteiger charge is -2.26.